The van der Waals surface area contributed by atoms with Gasteiger partial charge in [-0.1, -0.05) is 47.7 Å². The van der Waals surface area contributed by atoms with E-state index in [1.54, 1.807) is 18.2 Å². The van der Waals surface area contributed by atoms with Gasteiger partial charge in [0, 0.05) is 6.54 Å². The van der Waals surface area contributed by atoms with E-state index in [1.165, 1.54) is 0 Å². The number of aliphatic hydroxyl groups is 2. The molecule has 0 radical (unpaired) electrons. The van der Waals surface area contributed by atoms with Gasteiger partial charge in [0.15, 0.2) is 0 Å². The predicted octanol–water partition coefficient (Wildman–Crippen LogP) is 2.30. The zero-order valence-electron chi connectivity index (χ0n) is 14.4. The first-order valence-electron chi connectivity index (χ1n) is 8.46. The number of carbonyl (C=O) groups excluding carboxylic acids is 1. The lowest BCUT2D eigenvalue weighted by Gasteiger charge is -2.18. The highest BCUT2D eigenvalue weighted by Crippen LogP contribution is 2.24. The van der Waals surface area contributed by atoms with Crippen LogP contribution in [0.25, 0.3) is 10.2 Å². The minimum atomic E-state index is -1.12. The van der Waals surface area contributed by atoms with E-state index in [4.69, 9.17) is 4.74 Å². The summed E-state index contributed by atoms with van der Waals surface area (Å²) in [4.78, 5) is 25.5. The Labute approximate surface area is 159 Å². The molecule has 2 aromatic carbocycles. The number of hydrogen-bond acceptors (Lipinski definition) is 6. The topological polar surface area (TPSA) is 112 Å². The standard InChI is InChI=1S/C19H20N2O5S/c22-15(8-9-20-18(24)26-11-12-4-2-1-3-5-12)17(23)13-6-7-14-16(10-13)27-19(25)21-14/h1-7,10,15,17,22-23H,8-9,11H2,(H,20,24)(H,21,25). The van der Waals surface area contributed by atoms with Gasteiger partial charge < -0.3 is 25.3 Å². The molecule has 4 N–H and O–H groups in total. The van der Waals surface area contributed by atoms with E-state index in [0.29, 0.717) is 15.8 Å². The average Bonchev–Trinajstić information content (AvgIpc) is 3.05. The van der Waals surface area contributed by atoms with Crippen molar-refractivity contribution in [1.82, 2.24) is 10.3 Å². The highest BCUT2D eigenvalue weighted by Gasteiger charge is 2.19. The zero-order chi connectivity index (χ0) is 19.2. The van der Waals surface area contributed by atoms with E-state index in [0.717, 1.165) is 16.9 Å². The quantitative estimate of drug-likeness (QED) is 0.496. The third-order valence-electron chi connectivity index (χ3n) is 4.07. The monoisotopic (exact) mass is 388 g/mol. The molecule has 0 aliphatic heterocycles. The summed E-state index contributed by atoms with van der Waals surface area (Å²) in [5.41, 5.74) is 2.08. The fraction of sp³-hybridized carbons (Fsp3) is 0.263. The summed E-state index contributed by atoms with van der Waals surface area (Å²) in [6.45, 7) is 0.322. The number of thiazole rings is 1. The van der Waals surface area contributed by atoms with Crippen molar-refractivity contribution in [2.24, 2.45) is 0 Å². The number of fused-ring (bicyclic) bond motifs is 1. The van der Waals surface area contributed by atoms with Crippen LogP contribution in [-0.4, -0.2) is 33.9 Å². The first-order chi connectivity index (χ1) is 13.0. The van der Waals surface area contributed by atoms with E-state index in [1.807, 2.05) is 30.3 Å². The van der Waals surface area contributed by atoms with Gasteiger partial charge in [-0.3, -0.25) is 4.79 Å². The predicted molar refractivity (Wildman–Crippen MR) is 103 cm³/mol. The molecule has 0 fully saturated rings. The van der Waals surface area contributed by atoms with Crippen LogP contribution in [0.15, 0.2) is 53.3 Å². The third kappa shape index (κ3) is 5.16. The Kier molecular flexibility index (Phi) is 6.23. The molecular formula is C19H20N2O5S. The molecule has 8 heteroatoms. The number of hydrogen-bond donors (Lipinski definition) is 4. The van der Waals surface area contributed by atoms with Crippen molar-refractivity contribution in [3.05, 3.63) is 69.3 Å². The minimum absolute atomic E-state index is 0.156. The number of carbonyl (C=O) groups is 1. The van der Waals surface area contributed by atoms with Gasteiger partial charge in [0.05, 0.1) is 16.3 Å². The van der Waals surface area contributed by atoms with Crippen LogP contribution in [0.1, 0.15) is 23.7 Å². The van der Waals surface area contributed by atoms with Gasteiger partial charge in [-0.25, -0.2) is 4.79 Å². The van der Waals surface area contributed by atoms with E-state index >= 15 is 0 Å². The number of rotatable bonds is 7. The van der Waals surface area contributed by atoms with Gasteiger partial charge in [0.2, 0.25) is 0 Å². The maximum Gasteiger partial charge on any atom is 0.407 e. The molecule has 2 atom stereocenters. The van der Waals surface area contributed by atoms with Crippen molar-refractivity contribution in [3.63, 3.8) is 0 Å². The number of H-pyrrole nitrogens is 1. The molecule has 0 spiro atoms. The first kappa shape index (κ1) is 19.1. The van der Waals surface area contributed by atoms with Crippen molar-refractivity contribution in [2.45, 2.75) is 25.2 Å². The van der Waals surface area contributed by atoms with Crippen LogP contribution in [0.2, 0.25) is 0 Å². The zero-order valence-corrected chi connectivity index (χ0v) is 15.2. The number of amides is 1. The van der Waals surface area contributed by atoms with E-state index in [9.17, 15) is 19.8 Å². The molecule has 1 heterocycles. The van der Waals surface area contributed by atoms with Crippen LogP contribution in [0.5, 0.6) is 0 Å². The van der Waals surface area contributed by atoms with Gasteiger partial charge in [-0.05, 0) is 29.7 Å². The largest absolute Gasteiger partial charge is 0.445 e. The Morgan fingerprint density at radius 1 is 1.19 bits per heavy atom. The summed E-state index contributed by atoms with van der Waals surface area (Å²) in [7, 11) is 0. The van der Waals surface area contributed by atoms with Gasteiger partial charge in [-0.15, -0.1) is 0 Å². The van der Waals surface area contributed by atoms with E-state index in [2.05, 4.69) is 10.3 Å². The summed E-state index contributed by atoms with van der Waals surface area (Å²) >= 11 is 1.04. The number of ether oxygens (including phenoxy) is 1. The van der Waals surface area contributed by atoms with Crippen molar-refractivity contribution in [1.29, 1.82) is 0 Å². The summed E-state index contributed by atoms with van der Waals surface area (Å²) in [5, 5.41) is 23.0. The molecule has 1 amide bonds. The highest BCUT2D eigenvalue weighted by molar-refractivity contribution is 7.16. The molecule has 142 valence electrons. The Hall–Kier alpha value is -2.68. The lowest BCUT2D eigenvalue weighted by atomic mass is 10.0. The van der Waals surface area contributed by atoms with E-state index < -0.39 is 18.3 Å². The fourth-order valence-corrected chi connectivity index (χ4v) is 3.41. The maximum atomic E-state index is 11.7. The number of nitrogens with one attached hydrogen (secondary N) is 2. The molecular weight excluding hydrogens is 368 g/mol. The molecule has 0 saturated carbocycles. The Morgan fingerprint density at radius 3 is 2.74 bits per heavy atom. The van der Waals surface area contributed by atoms with Crippen LogP contribution in [0, 0.1) is 0 Å². The lowest BCUT2D eigenvalue weighted by Crippen LogP contribution is -2.29. The smallest absolute Gasteiger partial charge is 0.407 e. The van der Waals surface area contributed by atoms with E-state index in [-0.39, 0.29) is 24.4 Å². The fourth-order valence-electron chi connectivity index (χ4n) is 2.62. The van der Waals surface area contributed by atoms with Crippen molar-refractivity contribution >= 4 is 27.6 Å². The number of aromatic amines is 1. The lowest BCUT2D eigenvalue weighted by molar-refractivity contribution is 0.0137. The van der Waals surface area contributed by atoms with Gasteiger partial charge in [0.25, 0.3) is 0 Å². The van der Waals surface area contributed by atoms with Crippen LogP contribution in [0.3, 0.4) is 0 Å². The number of aromatic nitrogens is 1. The molecule has 1 aromatic heterocycles. The molecule has 2 unspecified atom stereocenters. The van der Waals surface area contributed by atoms with Crippen LogP contribution < -0.4 is 10.2 Å². The summed E-state index contributed by atoms with van der Waals surface area (Å²) in [6, 6.07) is 14.3. The SMILES string of the molecule is O=C(NCCC(O)C(O)c1ccc2[nH]c(=O)sc2c1)OCc1ccccc1. The molecule has 0 aliphatic rings. The highest BCUT2D eigenvalue weighted by atomic mass is 32.1. The Balaban J connectivity index is 1.45. The molecule has 0 bridgehead atoms. The van der Waals surface area contributed by atoms with Crippen LogP contribution in [-0.2, 0) is 11.3 Å². The molecule has 3 aromatic rings. The maximum absolute atomic E-state index is 11.7. The molecule has 0 aliphatic carbocycles. The van der Waals surface area contributed by atoms with Crippen LogP contribution >= 0.6 is 11.3 Å². The Morgan fingerprint density at radius 2 is 1.96 bits per heavy atom. The number of aliphatic hydroxyl groups excluding tert-OH is 2. The summed E-state index contributed by atoms with van der Waals surface area (Å²) in [5.74, 6) is 0. The number of alkyl carbamates (subject to hydrolysis) is 1. The number of benzene rings is 2. The van der Waals surface area contributed by atoms with Crippen molar-refractivity contribution in [3.8, 4) is 0 Å². The second kappa shape index (κ2) is 8.81. The molecule has 27 heavy (non-hydrogen) atoms. The third-order valence-corrected chi connectivity index (χ3v) is 4.92. The summed E-state index contributed by atoms with van der Waals surface area (Å²) in [6.07, 6.45) is -2.61. The van der Waals surface area contributed by atoms with Gasteiger partial charge >= 0.3 is 11.0 Å². The molecule has 0 saturated heterocycles. The minimum Gasteiger partial charge on any atom is -0.445 e. The normalized spacial score (nSPS) is 13.3. The Bertz CT molecular complexity index is 953. The van der Waals surface area contributed by atoms with Gasteiger partial charge in [0.1, 0.15) is 12.7 Å². The first-order valence-corrected chi connectivity index (χ1v) is 9.28. The second-order valence-electron chi connectivity index (χ2n) is 6.06. The van der Waals surface area contributed by atoms with Crippen molar-refractivity contribution < 1.29 is 19.7 Å². The second-order valence-corrected chi connectivity index (χ2v) is 7.07. The molecule has 3 rings (SSSR count). The van der Waals surface area contributed by atoms with Crippen molar-refractivity contribution in [2.75, 3.05) is 6.54 Å². The van der Waals surface area contributed by atoms with Gasteiger partial charge in [-0.2, -0.15) is 0 Å². The average molecular weight is 388 g/mol. The summed E-state index contributed by atoms with van der Waals surface area (Å²) < 4.78 is 5.79. The molecule has 7 nitrogen and oxygen atoms in total. The van der Waals surface area contributed by atoms with Crippen LogP contribution in [0.4, 0.5) is 4.79 Å².